The predicted molar refractivity (Wildman–Crippen MR) is 90.5 cm³/mol. The highest BCUT2D eigenvalue weighted by atomic mass is 16.6. The van der Waals surface area contributed by atoms with Crippen LogP contribution >= 0.6 is 0 Å². The molecule has 25 heavy (non-hydrogen) atoms. The van der Waals surface area contributed by atoms with Gasteiger partial charge in [-0.1, -0.05) is 0 Å². The van der Waals surface area contributed by atoms with Crippen molar-refractivity contribution in [2.24, 2.45) is 0 Å². The maximum Gasteiger partial charge on any atom is 0.313 e. The minimum Gasteiger partial charge on any atom is -0.460 e. The number of rotatable bonds is 8. The SMILES string of the molecule is CC(C)(C)OC(=O)CCCC(=O)OC(=O)CCCC(=O)OC(C)(C)C. The van der Waals surface area contributed by atoms with E-state index in [2.05, 4.69) is 4.74 Å². The van der Waals surface area contributed by atoms with Crippen molar-refractivity contribution in [3.63, 3.8) is 0 Å². The molecule has 0 N–H and O–H groups in total. The molecule has 0 aromatic carbocycles. The Labute approximate surface area is 149 Å². The van der Waals surface area contributed by atoms with Gasteiger partial charge < -0.3 is 14.2 Å². The van der Waals surface area contributed by atoms with E-state index in [1.54, 1.807) is 41.5 Å². The second-order valence-electron chi connectivity index (χ2n) is 7.73. The number of hydrogen-bond acceptors (Lipinski definition) is 7. The Morgan fingerprint density at radius 1 is 0.560 bits per heavy atom. The van der Waals surface area contributed by atoms with E-state index in [1.807, 2.05) is 0 Å². The van der Waals surface area contributed by atoms with Crippen molar-refractivity contribution in [3.05, 3.63) is 0 Å². The number of hydrogen-bond donors (Lipinski definition) is 0. The molecule has 7 nitrogen and oxygen atoms in total. The number of carbonyl (C=O) groups is 4. The molecule has 0 fully saturated rings. The van der Waals surface area contributed by atoms with Gasteiger partial charge in [-0.3, -0.25) is 19.2 Å². The van der Waals surface area contributed by atoms with Crippen LogP contribution in [0.4, 0.5) is 0 Å². The third kappa shape index (κ3) is 15.4. The number of esters is 4. The van der Waals surface area contributed by atoms with Crippen LogP contribution in [-0.2, 0) is 33.4 Å². The first-order valence-electron chi connectivity index (χ1n) is 8.46. The normalized spacial score (nSPS) is 11.6. The zero-order valence-corrected chi connectivity index (χ0v) is 16.1. The second kappa shape index (κ2) is 10.2. The predicted octanol–water partition coefficient (Wildman–Crippen LogP) is 3.08. The molecule has 7 heteroatoms. The molecule has 0 heterocycles. The van der Waals surface area contributed by atoms with Crippen molar-refractivity contribution in [2.45, 2.75) is 91.3 Å². The van der Waals surface area contributed by atoms with E-state index in [-0.39, 0.29) is 38.5 Å². The van der Waals surface area contributed by atoms with Crippen molar-refractivity contribution < 1.29 is 33.4 Å². The largest absolute Gasteiger partial charge is 0.460 e. The summed E-state index contributed by atoms with van der Waals surface area (Å²) < 4.78 is 14.9. The number of carbonyl (C=O) groups excluding carboxylic acids is 4. The summed E-state index contributed by atoms with van der Waals surface area (Å²) >= 11 is 0. The van der Waals surface area contributed by atoms with E-state index in [0.717, 1.165) is 0 Å². The Hall–Kier alpha value is -1.92. The van der Waals surface area contributed by atoms with Crippen molar-refractivity contribution in [1.82, 2.24) is 0 Å². The summed E-state index contributed by atoms with van der Waals surface area (Å²) in [7, 11) is 0. The monoisotopic (exact) mass is 358 g/mol. The maximum absolute atomic E-state index is 11.5. The van der Waals surface area contributed by atoms with E-state index in [4.69, 9.17) is 9.47 Å². The molecule has 0 aliphatic heterocycles. The first kappa shape index (κ1) is 23.1. The summed E-state index contributed by atoms with van der Waals surface area (Å²) in [6, 6.07) is 0. The van der Waals surface area contributed by atoms with Gasteiger partial charge >= 0.3 is 23.9 Å². The standard InChI is InChI=1S/C18H30O7/c1-17(2,3)24-15(21)11-7-9-13(19)23-14(20)10-8-12-16(22)25-18(4,5)6/h7-12H2,1-6H3. The molecule has 0 radical (unpaired) electrons. The molecule has 0 saturated heterocycles. The highest BCUT2D eigenvalue weighted by Gasteiger charge is 2.18. The highest BCUT2D eigenvalue weighted by Crippen LogP contribution is 2.11. The van der Waals surface area contributed by atoms with Crippen LogP contribution in [0.1, 0.15) is 80.1 Å². The van der Waals surface area contributed by atoms with E-state index in [9.17, 15) is 19.2 Å². The van der Waals surface area contributed by atoms with Crippen molar-refractivity contribution in [2.75, 3.05) is 0 Å². The van der Waals surface area contributed by atoms with Gasteiger partial charge in [-0.25, -0.2) is 0 Å². The molecule has 0 bridgehead atoms. The molecule has 0 aromatic heterocycles. The molecule has 144 valence electrons. The van der Waals surface area contributed by atoms with Gasteiger partial charge in [0.15, 0.2) is 0 Å². The van der Waals surface area contributed by atoms with E-state index < -0.39 is 35.1 Å². The minimum absolute atomic E-state index is 0.0446. The van der Waals surface area contributed by atoms with Gasteiger partial charge in [0.1, 0.15) is 11.2 Å². The summed E-state index contributed by atoms with van der Waals surface area (Å²) in [5.74, 6) is -2.18. The Balaban J connectivity index is 3.87. The fraction of sp³-hybridized carbons (Fsp3) is 0.778. The molecule has 0 aromatic rings. The van der Waals surface area contributed by atoms with Gasteiger partial charge in [-0.15, -0.1) is 0 Å². The lowest BCUT2D eigenvalue weighted by molar-refractivity contribution is -0.159. The fourth-order valence-electron chi connectivity index (χ4n) is 1.77. The van der Waals surface area contributed by atoms with E-state index >= 15 is 0 Å². The molecule has 0 aliphatic carbocycles. The lowest BCUT2D eigenvalue weighted by Crippen LogP contribution is -2.24. The van der Waals surface area contributed by atoms with Gasteiger partial charge in [-0.2, -0.15) is 0 Å². The van der Waals surface area contributed by atoms with Gasteiger partial charge in [-0.05, 0) is 54.4 Å². The third-order valence-corrected chi connectivity index (χ3v) is 2.59. The molecule has 0 rings (SSSR count). The van der Waals surface area contributed by atoms with Gasteiger partial charge in [0.25, 0.3) is 0 Å². The Bertz CT molecular complexity index is 437. The zero-order chi connectivity index (χ0) is 19.7. The van der Waals surface area contributed by atoms with Crippen LogP contribution in [0.2, 0.25) is 0 Å². The molecule has 0 aliphatic rings. The molecule has 0 saturated carbocycles. The average molecular weight is 358 g/mol. The quantitative estimate of drug-likeness (QED) is 0.374. The maximum atomic E-state index is 11.5. The third-order valence-electron chi connectivity index (χ3n) is 2.59. The fourth-order valence-corrected chi connectivity index (χ4v) is 1.77. The second-order valence-corrected chi connectivity index (χ2v) is 7.73. The van der Waals surface area contributed by atoms with E-state index in [0.29, 0.717) is 0 Å². The lowest BCUT2D eigenvalue weighted by atomic mass is 10.2. The van der Waals surface area contributed by atoms with Gasteiger partial charge in [0, 0.05) is 25.7 Å². The summed E-state index contributed by atoms with van der Waals surface area (Å²) in [5.41, 5.74) is -1.14. The Morgan fingerprint density at radius 3 is 1.12 bits per heavy atom. The summed E-state index contributed by atoms with van der Waals surface area (Å²) in [6.45, 7) is 10.6. The minimum atomic E-state index is -0.689. The van der Waals surface area contributed by atoms with Crippen LogP contribution < -0.4 is 0 Å². The van der Waals surface area contributed by atoms with Crippen LogP contribution in [0.25, 0.3) is 0 Å². The van der Waals surface area contributed by atoms with Gasteiger partial charge in [0.2, 0.25) is 0 Å². The number of ether oxygens (including phenoxy) is 3. The Kier molecular flexibility index (Phi) is 9.38. The zero-order valence-electron chi connectivity index (χ0n) is 16.1. The molecule has 0 amide bonds. The first-order valence-corrected chi connectivity index (χ1v) is 8.46. The van der Waals surface area contributed by atoms with Crippen LogP contribution in [0.3, 0.4) is 0 Å². The lowest BCUT2D eigenvalue weighted by Gasteiger charge is -2.19. The summed E-state index contributed by atoms with van der Waals surface area (Å²) in [6.07, 6.45) is 0.574. The summed E-state index contributed by atoms with van der Waals surface area (Å²) in [4.78, 5) is 46.0. The molecular formula is C18H30O7. The molecule has 0 spiro atoms. The van der Waals surface area contributed by atoms with Crippen LogP contribution in [0.5, 0.6) is 0 Å². The van der Waals surface area contributed by atoms with Crippen molar-refractivity contribution in [1.29, 1.82) is 0 Å². The van der Waals surface area contributed by atoms with Gasteiger partial charge in [0.05, 0.1) is 0 Å². The molecule has 0 unspecified atom stereocenters. The van der Waals surface area contributed by atoms with Crippen LogP contribution in [0.15, 0.2) is 0 Å². The molecular weight excluding hydrogens is 328 g/mol. The topological polar surface area (TPSA) is 96.0 Å². The van der Waals surface area contributed by atoms with Crippen molar-refractivity contribution >= 4 is 23.9 Å². The summed E-state index contributed by atoms with van der Waals surface area (Å²) in [5, 5.41) is 0. The van der Waals surface area contributed by atoms with Crippen LogP contribution in [0, 0.1) is 0 Å². The average Bonchev–Trinajstić information content (AvgIpc) is 2.33. The Morgan fingerprint density at radius 2 is 0.840 bits per heavy atom. The van der Waals surface area contributed by atoms with Crippen molar-refractivity contribution in [3.8, 4) is 0 Å². The van der Waals surface area contributed by atoms with E-state index in [1.165, 1.54) is 0 Å². The smallest absolute Gasteiger partial charge is 0.313 e. The van der Waals surface area contributed by atoms with Crippen LogP contribution in [-0.4, -0.2) is 35.1 Å². The first-order chi connectivity index (χ1) is 11.3. The highest BCUT2D eigenvalue weighted by molar-refractivity contribution is 5.85. The molecule has 0 atom stereocenters.